The largest absolute Gasteiger partial charge is 0.416 e. The zero-order chi connectivity index (χ0) is 15.3. The molecule has 1 N–H and O–H groups in total. The molecule has 0 saturated carbocycles. The van der Waals surface area contributed by atoms with E-state index in [4.69, 9.17) is 0 Å². The van der Waals surface area contributed by atoms with E-state index >= 15 is 0 Å². The van der Waals surface area contributed by atoms with Crippen molar-refractivity contribution in [1.29, 1.82) is 0 Å². The Balaban J connectivity index is 1.99. The second-order valence-electron chi connectivity index (χ2n) is 6.07. The maximum atomic E-state index is 12.6. The molecule has 0 saturated heterocycles. The maximum absolute atomic E-state index is 12.6. The first-order chi connectivity index (χ1) is 9.77. The molecule has 0 spiro atoms. The van der Waals surface area contributed by atoms with Gasteiger partial charge in [-0.2, -0.15) is 13.2 Å². The van der Waals surface area contributed by atoms with Gasteiger partial charge in [0, 0.05) is 17.6 Å². The smallest absolute Gasteiger partial charge is 0.384 e. The lowest BCUT2D eigenvalue weighted by molar-refractivity contribution is -0.137. The molecule has 0 amide bonds. The van der Waals surface area contributed by atoms with Gasteiger partial charge in [-0.05, 0) is 41.0 Å². The third-order valence-corrected chi connectivity index (χ3v) is 4.02. The minimum atomic E-state index is -4.29. The van der Waals surface area contributed by atoms with Crippen LogP contribution in [0, 0.1) is 0 Å². The van der Waals surface area contributed by atoms with Gasteiger partial charge in [0.25, 0.3) is 0 Å². The van der Waals surface area contributed by atoms with Gasteiger partial charge in [-0.25, -0.2) is 0 Å². The summed E-state index contributed by atoms with van der Waals surface area (Å²) in [5.74, 6) is 0. The molecule has 1 heterocycles. The van der Waals surface area contributed by atoms with Gasteiger partial charge in [-0.1, -0.05) is 32.0 Å². The Morgan fingerprint density at radius 3 is 2.19 bits per heavy atom. The number of nitrogens with one attached hydrogen (secondary N) is 1. The molecule has 0 aliphatic carbocycles. The van der Waals surface area contributed by atoms with Crippen molar-refractivity contribution in [1.82, 2.24) is 0 Å². The molecule has 0 aromatic heterocycles. The number of anilines is 1. The fraction of sp³-hybridized carbons (Fsp3) is 0.294. The predicted octanol–water partition coefficient (Wildman–Crippen LogP) is 5.08. The Morgan fingerprint density at radius 2 is 1.57 bits per heavy atom. The standard InChI is InChI=1S/C17H16F3N/c1-16(2)10-21-15-8-5-12(9-14(15)16)11-3-6-13(7-4-11)17(18,19)20/h3-9,21H,10H2,1-2H3. The first kappa shape index (κ1) is 14.0. The van der Waals surface area contributed by atoms with Crippen LogP contribution in [0.4, 0.5) is 18.9 Å². The summed E-state index contributed by atoms with van der Waals surface area (Å²) >= 11 is 0. The maximum Gasteiger partial charge on any atom is 0.416 e. The van der Waals surface area contributed by atoms with Gasteiger partial charge in [0.1, 0.15) is 0 Å². The molecular formula is C17H16F3N. The van der Waals surface area contributed by atoms with Crippen LogP contribution < -0.4 is 5.32 Å². The minimum absolute atomic E-state index is 0.0389. The van der Waals surface area contributed by atoms with E-state index in [1.807, 2.05) is 12.1 Å². The molecule has 0 atom stereocenters. The van der Waals surface area contributed by atoms with Crippen LogP contribution in [0.15, 0.2) is 42.5 Å². The lowest BCUT2D eigenvalue weighted by Crippen LogP contribution is -2.18. The van der Waals surface area contributed by atoms with E-state index in [0.29, 0.717) is 0 Å². The Morgan fingerprint density at radius 1 is 0.952 bits per heavy atom. The Hall–Kier alpha value is -1.97. The third kappa shape index (κ3) is 2.50. The molecule has 1 nitrogen and oxygen atoms in total. The van der Waals surface area contributed by atoms with E-state index in [0.717, 1.165) is 35.5 Å². The molecule has 2 aromatic rings. The average molecular weight is 291 g/mol. The monoisotopic (exact) mass is 291 g/mol. The predicted molar refractivity (Wildman–Crippen MR) is 78.4 cm³/mol. The van der Waals surface area contributed by atoms with Crippen molar-refractivity contribution in [3.8, 4) is 11.1 Å². The number of hydrogen-bond donors (Lipinski definition) is 1. The lowest BCUT2D eigenvalue weighted by Gasteiger charge is -2.18. The average Bonchev–Trinajstić information content (AvgIpc) is 2.73. The van der Waals surface area contributed by atoms with Gasteiger partial charge in [0.2, 0.25) is 0 Å². The van der Waals surface area contributed by atoms with Crippen LogP contribution in [0.2, 0.25) is 0 Å². The number of benzene rings is 2. The van der Waals surface area contributed by atoms with Gasteiger partial charge < -0.3 is 5.32 Å². The SMILES string of the molecule is CC1(C)CNc2ccc(-c3ccc(C(F)(F)F)cc3)cc21. The molecule has 0 fully saturated rings. The number of halogens is 3. The van der Waals surface area contributed by atoms with Gasteiger partial charge in [0.15, 0.2) is 0 Å². The Labute approximate surface area is 121 Å². The summed E-state index contributed by atoms with van der Waals surface area (Å²) in [6, 6.07) is 11.3. The van der Waals surface area contributed by atoms with E-state index in [-0.39, 0.29) is 5.41 Å². The van der Waals surface area contributed by atoms with Crippen LogP contribution in [0.1, 0.15) is 25.0 Å². The number of alkyl halides is 3. The van der Waals surface area contributed by atoms with Crippen LogP contribution in [0.3, 0.4) is 0 Å². The van der Waals surface area contributed by atoms with E-state index in [1.165, 1.54) is 17.7 Å². The minimum Gasteiger partial charge on any atom is -0.384 e. The summed E-state index contributed by atoms with van der Waals surface area (Å²) in [5.41, 5.74) is 3.48. The van der Waals surface area contributed by atoms with Crippen molar-refractivity contribution < 1.29 is 13.2 Å². The molecule has 1 aliphatic rings. The third-order valence-electron chi connectivity index (χ3n) is 4.02. The summed E-state index contributed by atoms with van der Waals surface area (Å²) in [7, 11) is 0. The van der Waals surface area contributed by atoms with Crippen LogP contribution in [0.5, 0.6) is 0 Å². The molecule has 21 heavy (non-hydrogen) atoms. The van der Waals surface area contributed by atoms with Crippen molar-refractivity contribution in [2.75, 3.05) is 11.9 Å². The number of fused-ring (bicyclic) bond motifs is 1. The molecule has 0 radical (unpaired) electrons. The molecular weight excluding hydrogens is 275 g/mol. The van der Waals surface area contributed by atoms with E-state index in [1.54, 1.807) is 0 Å². The van der Waals surface area contributed by atoms with Crippen molar-refractivity contribution in [2.24, 2.45) is 0 Å². The topological polar surface area (TPSA) is 12.0 Å². The summed E-state index contributed by atoms with van der Waals surface area (Å²) in [4.78, 5) is 0. The molecule has 2 aromatic carbocycles. The Bertz CT molecular complexity index is 669. The zero-order valence-electron chi connectivity index (χ0n) is 11.9. The summed E-state index contributed by atoms with van der Waals surface area (Å²) in [5, 5.41) is 3.35. The second kappa shape index (κ2) is 4.52. The van der Waals surface area contributed by atoms with Crippen molar-refractivity contribution in [3.05, 3.63) is 53.6 Å². The molecule has 1 aliphatic heterocycles. The zero-order valence-corrected chi connectivity index (χ0v) is 11.9. The van der Waals surface area contributed by atoms with Crippen molar-refractivity contribution in [3.63, 3.8) is 0 Å². The summed E-state index contributed by atoms with van der Waals surface area (Å²) in [6.07, 6.45) is -4.29. The van der Waals surface area contributed by atoms with Gasteiger partial charge in [0.05, 0.1) is 5.56 Å². The van der Waals surface area contributed by atoms with Crippen LogP contribution in [-0.4, -0.2) is 6.54 Å². The lowest BCUT2D eigenvalue weighted by atomic mass is 9.85. The first-order valence-corrected chi connectivity index (χ1v) is 6.83. The van der Waals surface area contributed by atoms with E-state index in [2.05, 4.69) is 25.2 Å². The molecule has 0 unspecified atom stereocenters. The van der Waals surface area contributed by atoms with E-state index < -0.39 is 11.7 Å². The second-order valence-corrected chi connectivity index (χ2v) is 6.07. The quantitative estimate of drug-likeness (QED) is 0.773. The van der Waals surface area contributed by atoms with Gasteiger partial charge in [-0.15, -0.1) is 0 Å². The highest BCUT2D eigenvalue weighted by molar-refractivity contribution is 5.71. The normalized spacial score (nSPS) is 16.4. The number of rotatable bonds is 1. The van der Waals surface area contributed by atoms with E-state index in [9.17, 15) is 13.2 Å². The van der Waals surface area contributed by atoms with Crippen LogP contribution >= 0.6 is 0 Å². The highest BCUT2D eigenvalue weighted by Crippen LogP contribution is 2.39. The summed E-state index contributed by atoms with van der Waals surface area (Å²) < 4.78 is 37.8. The van der Waals surface area contributed by atoms with Crippen molar-refractivity contribution in [2.45, 2.75) is 25.4 Å². The molecule has 4 heteroatoms. The number of hydrogen-bond acceptors (Lipinski definition) is 1. The van der Waals surface area contributed by atoms with Crippen molar-refractivity contribution >= 4 is 5.69 Å². The Kier molecular flexibility index (Phi) is 3.01. The molecule has 0 bridgehead atoms. The van der Waals surface area contributed by atoms with Gasteiger partial charge >= 0.3 is 6.18 Å². The van der Waals surface area contributed by atoms with Crippen LogP contribution in [-0.2, 0) is 11.6 Å². The highest BCUT2D eigenvalue weighted by Gasteiger charge is 2.31. The summed E-state index contributed by atoms with van der Waals surface area (Å²) in [6.45, 7) is 5.18. The first-order valence-electron chi connectivity index (χ1n) is 6.83. The fourth-order valence-corrected chi connectivity index (χ4v) is 2.70. The molecule has 3 rings (SSSR count). The fourth-order valence-electron chi connectivity index (χ4n) is 2.70. The highest BCUT2D eigenvalue weighted by atomic mass is 19.4. The van der Waals surface area contributed by atoms with Crippen LogP contribution in [0.25, 0.3) is 11.1 Å². The van der Waals surface area contributed by atoms with Gasteiger partial charge in [-0.3, -0.25) is 0 Å². The molecule has 110 valence electrons.